The monoisotopic (exact) mass is 240 g/mol. The number of carboxylic acid groups (broad SMARTS) is 1. The number of amides is 2. The number of carbonyl (C=O) groups is 2. The number of likely N-dealkylation sites (tertiary alicyclic amines) is 1. The van der Waals surface area contributed by atoms with Crippen LogP contribution in [-0.4, -0.2) is 53.6 Å². The lowest BCUT2D eigenvalue weighted by atomic mass is 9.99. The van der Waals surface area contributed by atoms with E-state index in [0.29, 0.717) is 25.4 Å². The quantitative estimate of drug-likeness (QED) is 0.807. The molecule has 0 spiro atoms. The highest BCUT2D eigenvalue weighted by molar-refractivity contribution is 5.76. The molecule has 2 aliphatic rings. The molecule has 1 N–H and O–H groups in total. The Hall–Kier alpha value is -1.26. The van der Waals surface area contributed by atoms with Crippen molar-refractivity contribution in [1.82, 2.24) is 9.80 Å². The number of carboxylic acids is 1. The Morgan fingerprint density at radius 3 is 2.65 bits per heavy atom. The fraction of sp³-hybridized carbons (Fsp3) is 0.833. The van der Waals surface area contributed by atoms with Crippen molar-refractivity contribution in [3.8, 4) is 0 Å². The summed E-state index contributed by atoms with van der Waals surface area (Å²) in [6.45, 7) is 1.87. The average Bonchev–Trinajstić information content (AvgIpc) is 3.12. The van der Waals surface area contributed by atoms with Crippen LogP contribution in [0.15, 0.2) is 0 Å². The summed E-state index contributed by atoms with van der Waals surface area (Å²) in [6, 6.07) is -0.0112. The van der Waals surface area contributed by atoms with E-state index in [0.717, 1.165) is 13.0 Å². The van der Waals surface area contributed by atoms with E-state index in [2.05, 4.69) is 0 Å². The van der Waals surface area contributed by atoms with Crippen molar-refractivity contribution in [1.29, 1.82) is 0 Å². The predicted molar refractivity (Wildman–Crippen MR) is 62.7 cm³/mol. The van der Waals surface area contributed by atoms with Crippen LogP contribution in [0.4, 0.5) is 4.79 Å². The number of urea groups is 1. The Kier molecular flexibility index (Phi) is 3.54. The molecule has 2 rings (SSSR count). The Morgan fingerprint density at radius 2 is 2.06 bits per heavy atom. The molecular weight excluding hydrogens is 220 g/mol. The molecule has 1 aliphatic heterocycles. The van der Waals surface area contributed by atoms with Crippen LogP contribution in [-0.2, 0) is 4.79 Å². The zero-order chi connectivity index (χ0) is 12.4. The van der Waals surface area contributed by atoms with Crippen LogP contribution in [0.25, 0.3) is 0 Å². The molecule has 0 unspecified atom stereocenters. The van der Waals surface area contributed by atoms with E-state index in [1.54, 1.807) is 9.80 Å². The first-order chi connectivity index (χ1) is 8.08. The highest BCUT2D eigenvalue weighted by Gasteiger charge is 2.31. The van der Waals surface area contributed by atoms with Crippen molar-refractivity contribution in [2.24, 2.45) is 11.8 Å². The lowest BCUT2D eigenvalue weighted by Gasteiger charge is -2.33. The molecule has 1 saturated heterocycles. The van der Waals surface area contributed by atoms with E-state index >= 15 is 0 Å². The van der Waals surface area contributed by atoms with Crippen molar-refractivity contribution in [3.05, 3.63) is 0 Å². The van der Waals surface area contributed by atoms with Gasteiger partial charge in [-0.2, -0.15) is 0 Å². The van der Waals surface area contributed by atoms with Gasteiger partial charge in [0.1, 0.15) is 0 Å². The van der Waals surface area contributed by atoms with E-state index in [9.17, 15) is 9.59 Å². The molecule has 2 fully saturated rings. The van der Waals surface area contributed by atoms with Crippen LogP contribution in [0.1, 0.15) is 25.7 Å². The zero-order valence-electron chi connectivity index (χ0n) is 10.3. The lowest BCUT2D eigenvalue weighted by Crippen LogP contribution is -2.48. The average molecular weight is 240 g/mol. The van der Waals surface area contributed by atoms with E-state index in [-0.39, 0.29) is 11.9 Å². The van der Waals surface area contributed by atoms with Crippen molar-refractivity contribution >= 4 is 12.0 Å². The van der Waals surface area contributed by atoms with Gasteiger partial charge in [-0.25, -0.2) is 4.79 Å². The minimum atomic E-state index is -0.785. The summed E-state index contributed by atoms with van der Waals surface area (Å²) in [5.41, 5.74) is 0. The summed E-state index contributed by atoms with van der Waals surface area (Å²) in [6.07, 6.45) is 3.91. The Bertz CT molecular complexity index is 315. The van der Waals surface area contributed by atoms with E-state index in [1.807, 2.05) is 7.05 Å². The fourth-order valence-corrected chi connectivity index (χ4v) is 2.36. The normalized spacial score (nSPS) is 24.5. The molecule has 1 heterocycles. The highest BCUT2D eigenvalue weighted by atomic mass is 16.4. The van der Waals surface area contributed by atoms with Gasteiger partial charge < -0.3 is 14.9 Å². The van der Waals surface area contributed by atoms with Gasteiger partial charge in [0.2, 0.25) is 0 Å². The summed E-state index contributed by atoms with van der Waals surface area (Å²) in [5, 5.41) is 8.98. The second-order valence-electron chi connectivity index (χ2n) is 5.23. The smallest absolute Gasteiger partial charge is 0.319 e. The number of nitrogens with zero attached hydrogens (tertiary/aromatic N) is 2. The maximum Gasteiger partial charge on any atom is 0.319 e. The Labute approximate surface area is 101 Å². The van der Waals surface area contributed by atoms with Gasteiger partial charge in [0.05, 0.1) is 5.92 Å². The summed E-state index contributed by atoms with van der Waals surface area (Å²) in [4.78, 5) is 26.4. The standard InChI is InChI=1S/C12H20N2O3/c1-13(7-9-4-5-9)12(17)14-6-2-3-10(8-14)11(15)16/h9-10H,2-8H2,1H3,(H,15,16)/t10-/m1/s1. The number of hydrogen-bond acceptors (Lipinski definition) is 2. The minimum absolute atomic E-state index is 0.0112. The third-order valence-corrected chi connectivity index (χ3v) is 3.60. The Balaban J connectivity index is 1.86. The lowest BCUT2D eigenvalue weighted by molar-refractivity contribution is -0.143. The molecule has 5 nitrogen and oxygen atoms in total. The van der Waals surface area contributed by atoms with Gasteiger partial charge in [-0.3, -0.25) is 4.79 Å². The molecule has 0 aromatic heterocycles. The van der Waals surface area contributed by atoms with Gasteiger partial charge in [0, 0.05) is 26.7 Å². The van der Waals surface area contributed by atoms with Gasteiger partial charge in [0.25, 0.3) is 0 Å². The molecule has 0 radical (unpaired) electrons. The largest absolute Gasteiger partial charge is 0.481 e. The molecule has 1 saturated carbocycles. The van der Waals surface area contributed by atoms with Crippen molar-refractivity contribution in [2.45, 2.75) is 25.7 Å². The summed E-state index contributed by atoms with van der Waals surface area (Å²) in [7, 11) is 1.81. The van der Waals surface area contributed by atoms with Crippen molar-refractivity contribution < 1.29 is 14.7 Å². The molecule has 17 heavy (non-hydrogen) atoms. The van der Waals surface area contributed by atoms with Crippen LogP contribution >= 0.6 is 0 Å². The second-order valence-corrected chi connectivity index (χ2v) is 5.23. The van der Waals surface area contributed by atoms with Crippen LogP contribution < -0.4 is 0 Å². The topological polar surface area (TPSA) is 60.9 Å². The first-order valence-corrected chi connectivity index (χ1v) is 6.30. The number of piperidine rings is 1. The van der Waals surface area contributed by atoms with Gasteiger partial charge in [0.15, 0.2) is 0 Å². The first-order valence-electron chi connectivity index (χ1n) is 6.30. The number of carbonyl (C=O) groups excluding carboxylic acids is 1. The minimum Gasteiger partial charge on any atom is -0.481 e. The van der Waals surface area contributed by atoms with Crippen LogP contribution in [0, 0.1) is 11.8 Å². The van der Waals surface area contributed by atoms with Crippen molar-refractivity contribution in [2.75, 3.05) is 26.7 Å². The van der Waals surface area contributed by atoms with E-state index in [1.165, 1.54) is 12.8 Å². The number of hydrogen-bond donors (Lipinski definition) is 1. The van der Waals surface area contributed by atoms with E-state index in [4.69, 9.17) is 5.11 Å². The van der Waals surface area contributed by atoms with Crippen LogP contribution in [0.3, 0.4) is 0 Å². The SMILES string of the molecule is CN(CC1CC1)C(=O)N1CCC[C@@H](C(=O)O)C1. The summed E-state index contributed by atoms with van der Waals surface area (Å²) < 4.78 is 0. The number of aliphatic carboxylic acids is 1. The van der Waals surface area contributed by atoms with Crippen LogP contribution in [0.5, 0.6) is 0 Å². The predicted octanol–water partition coefficient (Wildman–Crippen LogP) is 1.24. The molecule has 1 atom stereocenters. The molecule has 0 bridgehead atoms. The Morgan fingerprint density at radius 1 is 1.35 bits per heavy atom. The molecule has 96 valence electrons. The molecule has 0 aromatic rings. The maximum absolute atomic E-state index is 12.1. The zero-order valence-corrected chi connectivity index (χ0v) is 10.3. The summed E-state index contributed by atoms with van der Waals surface area (Å²) in [5.74, 6) is -0.501. The van der Waals surface area contributed by atoms with Gasteiger partial charge >= 0.3 is 12.0 Å². The molecule has 2 amide bonds. The molecule has 0 aromatic carbocycles. The fourth-order valence-electron chi connectivity index (χ4n) is 2.36. The third kappa shape index (κ3) is 3.11. The van der Waals surface area contributed by atoms with Gasteiger partial charge in [-0.15, -0.1) is 0 Å². The highest BCUT2D eigenvalue weighted by Crippen LogP contribution is 2.29. The third-order valence-electron chi connectivity index (χ3n) is 3.60. The van der Waals surface area contributed by atoms with Crippen LogP contribution in [0.2, 0.25) is 0 Å². The first kappa shape index (κ1) is 12.2. The van der Waals surface area contributed by atoms with Gasteiger partial charge in [-0.1, -0.05) is 0 Å². The second kappa shape index (κ2) is 4.94. The van der Waals surface area contributed by atoms with Crippen molar-refractivity contribution in [3.63, 3.8) is 0 Å². The molecule has 1 aliphatic carbocycles. The van der Waals surface area contributed by atoms with E-state index < -0.39 is 5.97 Å². The summed E-state index contributed by atoms with van der Waals surface area (Å²) >= 11 is 0. The maximum atomic E-state index is 12.1. The van der Waals surface area contributed by atoms with Gasteiger partial charge in [-0.05, 0) is 31.6 Å². The number of rotatable bonds is 3. The molecule has 5 heteroatoms. The molecular formula is C12H20N2O3.